The molecule has 1 heterocycles. The first-order valence-corrected chi connectivity index (χ1v) is 10.9. The van der Waals surface area contributed by atoms with Crippen molar-refractivity contribution in [2.24, 2.45) is 0 Å². The zero-order valence-corrected chi connectivity index (χ0v) is 18.5. The Labute approximate surface area is 166 Å². The van der Waals surface area contributed by atoms with Crippen molar-refractivity contribution in [3.05, 3.63) is 63.9 Å². The van der Waals surface area contributed by atoms with Crippen LogP contribution in [0.1, 0.15) is 33.3 Å². The maximum Gasteiger partial charge on any atom is 0.125 e. The average Bonchev–Trinajstić information content (AvgIpc) is 3.07. The normalized spacial score (nSPS) is 9.42. The second kappa shape index (κ2) is 11.6. The number of hydrogen-bond acceptors (Lipinski definition) is 2. The van der Waals surface area contributed by atoms with Crippen LogP contribution in [-0.4, -0.2) is 4.98 Å². The molecule has 24 heavy (non-hydrogen) atoms. The summed E-state index contributed by atoms with van der Waals surface area (Å²) in [5, 5.41) is 1.91. The molecule has 0 amide bonds. The molecule has 3 rings (SSSR count). The molecule has 2 aromatic carbocycles. The molecule has 0 radical (unpaired) electrons. The van der Waals surface area contributed by atoms with E-state index < -0.39 is 0 Å². The van der Waals surface area contributed by atoms with Crippen molar-refractivity contribution < 1.29 is 0 Å². The molecule has 128 valence electrons. The molecule has 0 aliphatic heterocycles. The summed E-state index contributed by atoms with van der Waals surface area (Å²) in [6.45, 7) is 8.00. The summed E-state index contributed by atoms with van der Waals surface area (Å²) in [7, 11) is 0. The van der Waals surface area contributed by atoms with Gasteiger partial charge >= 0.3 is 0 Å². The van der Waals surface area contributed by atoms with Gasteiger partial charge in [-0.15, -0.1) is 11.3 Å². The molecule has 0 aliphatic carbocycles. The summed E-state index contributed by atoms with van der Waals surface area (Å²) < 4.78 is 1.07. The second-order valence-electron chi connectivity index (χ2n) is 4.34. The van der Waals surface area contributed by atoms with Crippen molar-refractivity contribution in [3.8, 4) is 21.8 Å². The molecule has 0 unspecified atom stereocenters. The maximum atomic E-state index is 4.77. The molecule has 3 aromatic rings. The van der Waals surface area contributed by atoms with Crippen molar-refractivity contribution in [2.75, 3.05) is 0 Å². The van der Waals surface area contributed by atoms with E-state index in [1.54, 1.807) is 11.3 Å². The van der Waals surface area contributed by atoms with Gasteiger partial charge in [0.05, 0.1) is 9.48 Å². The van der Waals surface area contributed by atoms with Gasteiger partial charge in [-0.3, -0.25) is 0 Å². The van der Waals surface area contributed by atoms with Gasteiger partial charge in [-0.05, 0) is 21.5 Å². The van der Waals surface area contributed by atoms with Crippen LogP contribution in [-0.2, 0) is 5.33 Å². The second-order valence-corrected chi connectivity index (χ2v) is 7.22. The van der Waals surface area contributed by atoms with Crippen molar-refractivity contribution >= 4 is 43.2 Å². The minimum Gasteiger partial charge on any atom is -0.235 e. The number of thiazole rings is 1. The number of halogens is 2. The Morgan fingerprint density at radius 3 is 1.96 bits per heavy atom. The molecule has 0 saturated carbocycles. The Morgan fingerprint density at radius 1 is 0.833 bits per heavy atom. The Hall–Kier alpha value is -0.970. The van der Waals surface area contributed by atoms with Crippen LogP contribution >= 0.6 is 43.2 Å². The highest BCUT2D eigenvalue weighted by Gasteiger charge is 2.12. The lowest BCUT2D eigenvalue weighted by Crippen LogP contribution is -1.82. The van der Waals surface area contributed by atoms with Gasteiger partial charge in [0, 0.05) is 16.5 Å². The van der Waals surface area contributed by atoms with E-state index in [0.29, 0.717) is 0 Å². The number of alkyl halides is 1. The fourth-order valence-corrected chi connectivity index (χ4v) is 3.91. The Balaban J connectivity index is 0.000000671. The van der Waals surface area contributed by atoms with Crippen LogP contribution in [0, 0.1) is 0 Å². The summed E-state index contributed by atoms with van der Waals surface area (Å²) in [6, 6.07) is 18.7. The first-order chi connectivity index (χ1) is 11.8. The van der Waals surface area contributed by atoms with E-state index in [9.17, 15) is 0 Å². The van der Waals surface area contributed by atoms with E-state index in [1.165, 1.54) is 5.56 Å². The van der Waals surface area contributed by atoms with E-state index in [1.807, 2.05) is 45.9 Å². The monoisotopic (exact) mass is 467 g/mol. The molecule has 0 aliphatic rings. The van der Waals surface area contributed by atoms with Crippen LogP contribution in [0.15, 0.2) is 58.4 Å². The number of aromatic nitrogens is 1. The molecule has 0 spiro atoms. The fourth-order valence-electron chi connectivity index (χ4n) is 1.94. The zero-order valence-electron chi connectivity index (χ0n) is 14.5. The molecule has 4 heteroatoms. The molecule has 0 N–H and O–H groups in total. The smallest absolute Gasteiger partial charge is 0.125 e. The third-order valence-electron chi connectivity index (χ3n) is 2.99. The summed E-state index contributed by atoms with van der Waals surface area (Å²) in [6.07, 6.45) is 0. The van der Waals surface area contributed by atoms with Crippen LogP contribution in [0.4, 0.5) is 0 Å². The summed E-state index contributed by atoms with van der Waals surface area (Å²) in [5.41, 5.74) is 4.57. The quantitative estimate of drug-likeness (QED) is 0.353. The first kappa shape index (κ1) is 21.1. The van der Waals surface area contributed by atoms with Crippen LogP contribution in [0.25, 0.3) is 21.8 Å². The van der Waals surface area contributed by atoms with Gasteiger partial charge in [-0.1, -0.05) is 98.2 Å². The van der Waals surface area contributed by atoms with Gasteiger partial charge in [-0.25, -0.2) is 4.98 Å². The van der Waals surface area contributed by atoms with Gasteiger partial charge in [-0.2, -0.15) is 0 Å². The van der Waals surface area contributed by atoms with Crippen molar-refractivity contribution in [3.63, 3.8) is 0 Å². The lowest BCUT2D eigenvalue weighted by Gasteiger charge is -2.00. The SMILES string of the molecule is BrCc1ccc(-c2nc(-c3ccccc3)sc2Br)cc1.CC.CC. The highest BCUT2D eigenvalue weighted by Crippen LogP contribution is 2.37. The van der Waals surface area contributed by atoms with Gasteiger partial charge < -0.3 is 0 Å². The Bertz CT molecular complexity index is 706. The molecule has 0 saturated heterocycles. The van der Waals surface area contributed by atoms with Crippen molar-refractivity contribution in [1.82, 2.24) is 4.98 Å². The standard InChI is InChI=1S/C16H11Br2NS.2C2H6/c17-10-11-6-8-12(9-7-11)14-15(18)20-16(19-14)13-4-2-1-3-5-13;2*1-2/h1-9H,10H2;2*1-2H3. The number of benzene rings is 2. The van der Waals surface area contributed by atoms with Crippen LogP contribution < -0.4 is 0 Å². The molecule has 1 nitrogen and oxygen atoms in total. The Morgan fingerprint density at radius 2 is 1.42 bits per heavy atom. The highest BCUT2D eigenvalue weighted by molar-refractivity contribution is 9.11. The molecular weight excluding hydrogens is 446 g/mol. The minimum atomic E-state index is 0.876. The predicted molar refractivity (Wildman–Crippen MR) is 116 cm³/mol. The Kier molecular flexibility index (Phi) is 10.2. The molecule has 0 fully saturated rings. The van der Waals surface area contributed by atoms with Gasteiger partial charge in [0.15, 0.2) is 0 Å². The van der Waals surface area contributed by atoms with Crippen molar-refractivity contribution in [1.29, 1.82) is 0 Å². The van der Waals surface area contributed by atoms with Crippen LogP contribution in [0.3, 0.4) is 0 Å². The average molecular weight is 469 g/mol. The van der Waals surface area contributed by atoms with E-state index in [-0.39, 0.29) is 0 Å². The predicted octanol–water partition coefficient (Wildman–Crippen LogP) is 8.19. The minimum absolute atomic E-state index is 0.876. The molecular formula is C20H23Br2NS. The van der Waals surface area contributed by atoms with Crippen molar-refractivity contribution in [2.45, 2.75) is 33.0 Å². The maximum absolute atomic E-state index is 4.77. The molecule has 0 atom stereocenters. The number of nitrogens with zero attached hydrogens (tertiary/aromatic N) is 1. The number of hydrogen-bond donors (Lipinski definition) is 0. The third-order valence-corrected chi connectivity index (χ3v) is 5.39. The zero-order chi connectivity index (χ0) is 17.9. The van der Waals surface area contributed by atoms with Gasteiger partial charge in [0.1, 0.15) is 5.01 Å². The third kappa shape index (κ3) is 5.54. The molecule has 1 aromatic heterocycles. The van der Waals surface area contributed by atoms with E-state index in [4.69, 9.17) is 4.98 Å². The largest absolute Gasteiger partial charge is 0.235 e. The molecule has 0 bridgehead atoms. The van der Waals surface area contributed by atoms with E-state index in [0.717, 1.165) is 30.9 Å². The lowest BCUT2D eigenvalue weighted by molar-refractivity contribution is 1.37. The van der Waals surface area contributed by atoms with Crippen LogP contribution in [0.2, 0.25) is 0 Å². The highest BCUT2D eigenvalue weighted by atomic mass is 79.9. The van der Waals surface area contributed by atoms with E-state index >= 15 is 0 Å². The summed E-state index contributed by atoms with van der Waals surface area (Å²) >= 11 is 8.77. The summed E-state index contributed by atoms with van der Waals surface area (Å²) in [4.78, 5) is 4.77. The lowest BCUT2D eigenvalue weighted by atomic mass is 10.1. The number of rotatable bonds is 3. The summed E-state index contributed by atoms with van der Waals surface area (Å²) in [5.74, 6) is 0. The first-order valence-electron chi connectivity index (χ1n) is 8.15. The van der Waals surface area contributed by atoms with Gasteiger partial charge in [0.2, 0.25) is 0 Å². The van der Waals surface area contributed by atoms with Crippen LogP contribution in [0.5, 0.6) is 0 Å². The topological polar surface area (TPSA) is 12.9 Å². The van der Waals surface area contributed by atoms with E-state index in [2.05, 4.69) is 68.3 Å². The van der Waals surface area contributed by atoms with Gasteiger partial charge in [0.25, 0.3) is 0 Å². The fraction of sp³-hybridized carbons (Fsp3) is 0.250.